The third-order valence-electron chi connectivity index (χ3n) is 4.00. The van der Waals surface area contributed by atoms with Crippen LogP contribution in [-0.4, -0.2) is 33.2 Å². The van der Waals surface area contributed by atoms with Gasteiger partial charge in [-0.3, -0.25) is 4.40 Å². The lowest BCUT2D eigenvalue weighted by atomic mass is 10.0. The van der Waals surface area contributed by atoms with Gasteiger partial charge in [0.25, 0.3) is 0 Å². The van der Waals surface area contributed by atoms with Crippen LogP contribution in [0.1, 0.15) is 12.0 Å². The van der Waals surface area contributed by atoms with Crippen molar-refractivity contribution in [2.45, 2.75) is 12.8 Å². The van der Waals surface area contributed by atoms with Crippen LogP contribution in [-0.2, 0) is 6.42 Å². The third kappa shape index (κ3) is 1.86. The van der Waals surface area contributed by atoms with Gasteiger partial charge in [0, 0.05) is 24.6 Å². The monoisotopic (exact) mass is 296 g/mol. The van der Waals surface area contributed by atoms with Crippen molar-refractivity contribution >= 4 is 23.1 Å². The largest absolute Gasteiger partial charge is 0.497 e. The summed E-state index contributed by atoms with van der Waals surface area (Å²) >= 11 is 0. The van der Waals surface area contributed by atoms with E-state index in [1.54, 1.807) is 23.9 Å². The Morgan fingerprint density at radius 3 is 3.05 bits per heavy atom. The Morgan fingerprint density at radius 2 is 2.18 bits per heavy atom. The van der Waals surface area contributed by atoms with E-state index < -0.39 is 0 Å². The first-order valence-corrected chi connectivity index (χ1v) is 7.17. The second-order valence-corrected chi connectivity index (χ2v) is 5.25. The summed E-state index contributed by atoms with van der Waals surface area (Å²) in [5.74, 6) is 2.02. The van der Waals surface area contributed by atoms with Gasteiger partial charge in [0.05, 0.1) is 7.11 Å². The summed E-state index contributed by atoms with van der Waals surface area (Å²) in [5, 5.41) is 8.10. The summed E-state index contributed by atoms with van der Waals surface area (Å²) in [6.07, 6.45) is 5.57. The number of hydrogen-bond donors (Lipinski definition) is 1. The van der Waals surface area contributed by atoms with Crippen molar-refractivity contribution in [2.75, 3.05) is 24.3 Å². The van der Waals surface area contributed by atoms with E-state index in [9.17, 15) is 0 Å². The van der Waals surface area contributed by atoms with Crippen molar-refractivity contribution in [1.82, 2.24) is 19.6 Å². The van der Waals surface area contributed by atoms with Crippen molar-refractivity contribution in [1.29, 1.82) is 0 Å². The lowest BCUT2D eigenvalue weighted by Gasteiger charge is -2.30. The van der Waals surface area contributed by atoms with E-state index in [-0.39, 0.29) is 0 Å². The molecule has 0 saturated carbocycles. The molecule has 22 heavy (non-hydrogen) atoms. The Morgan fingerprint density at radius 1 is 1.27 bits per heavy atom. The van der Waals surface area contributed by atoms with Crippen molar-refractivity contribution < 1.29 is 4.74 Å². The molecule has 0 spiro atoms. The van der Waals surface area contributed by atoms with Gasteiger partial charge in [-0.1, -0.05) is 0 Å². The number of aromatic nitrogens is 4. The number of nitrogens with zero attached hydrogens (tertiary/aromatic N) is 5. The van der Waals surface area contributed by atoms with Gasteiger partial charge in [0.1, 0.15) is 5.75 Å². The van der Waals surface area contributed by atoms with Crippen molar-refractivity contribution in [3.63, 3.8) is 0 Å². The van der Waals surface area contributed by atoms with E-state index in [2.05, 4.69) is 32.2 Å². The Labute approximate surface area is 127 Å². The summed E-state index contributed by atoms with van der Waals surface area (Å²) in [4.78, 5) is 6.67. The van der Waals surface area contributed by atoms with Gasteiger partial charge in [-0.15, -0.1) is 10.2 Å². The summed E-state index contributed by atoms with van der Waals surface area (Å²) in [5.41, 5.74) is 8.89. The summed E-state index contributed by atoms with van der Waals surface area (Å²) in [7, 11) is 1.68. The first kappa shape index (κ1) is 12.9. The molecule has 0 amide bonds. The minimum absolute atomic E-state index is 0.366. The van der Waals surface area contributed by atoms with E-state index in [4.69, 9.17) is 10.5 Å². The molecule has 4 rings (SSSR count). The fourth-order valence-corrected chi connectivity index (χ4v) is 2.94. The predicted molar refractivity (Wildman–Crippen MR) is 83.5 cm³/mol. The Bertz CT molecular complexity index is 843. The Balaban J connectivity index is 1.87. The number of methoxy groups -OCH3 is 1. The molecule has 2 aromatic heterocycles. The van der Waals surface area contributed by atoms with Crippen LogP contribution in [0.2, 0.25) is 0 Å². The van der Waals surface area contributed by atoms with Gasteiger partial charge in [-0.25, -0.2) is 4.98 Å². The molecule has 7 nitrogen and oxygen atoms in total. The van der Waals surface area contributed by atoms with Crippen molar-refractivity contribution in [3.8, 4) is 5.75 Å². The van der Waals surface area contributed by atoms with Gasteiger partial charge >= 0.3 is 0 Å². The lowest BCUT2D eigenvalue weighted by Crippen LogP contribution is -2.26. The second kappa shape index (κ2) is 4.87. The molecule has 0 fully saturated rings. The maximum absolute atomic E-state index is 5.83. The number of anilines is 3. The molecule has 3 heterocycles. The summed E-state index contributed by atoms with van der Waals surface area (Å²) < 4.78 is 7.07. The number of rotatable bonds is 2. The van der Waals surface area contributed by atoms with Crippen LogP contribution in [0.3, 0.4) is 0 Å². The molecule has 112 valence electrons. The number of aryl methyl sites for hydroxylation is 1. The number of hydrogen-bond acceptors (Lipinski definition) is 6. The first-order chi connectivity index (χ1) is 10.8. The van der Waals surface area contributed by atoms with E-state index >= 15 is 0 Å². The molecular formula is C15H16N6O. The molecule has 1 aliphatic heterocycles. The van der Waals surface area contributed by atoms with E-state index in [1.165, 1.54) is 5.56 Å². The zero-order chi connectivity index (χ0) is 15.1. The topological polar surface area (TPSA) is 81.6 Å². The molecule has 2 N–H and O–H groups in total. The lowest BCUT2D eigenvalue weighted by molar-refractivity contribution is 0.414. The van der Waals surface area contributed by atoms with Crippen LogP contribution < -0.4 is 15.4 Å². The average molecular weight is 296 g/mol. The van der Waals surface area contributed by atoms with E-state index in [0.29, 0.717) is 11.6 Å². The maximum atomic E-state index is 5.83. The quantitative estimate of drug-likeness (QED) is 0.776. The second-order valence-electron chi connectivity index (χ2n) is 5.25. The molecule has 7 heteroatoms. The van der Waals surface area contributed by atoms with Crippen LogP contribution in [0.15, 0.2) is 30.6 Å². The maximum Gasteiger partial charge on any atom is 0.226 e. The standard InChI is InChI=1S/C15H16N6O/c1-22-11-4-5-12-10(9-11)3-2-7-20(12)13-14-18-19-15(16)21(14)8-6-17-13/h4-6,8-9H,2-3,7H2,1H3,(H2,16,19). The molecule has 0 aliphatic carbocycles. The predicted octanol–water partition coefficient (Wildman–Crippen LogP) is 1.80. The zero-order valence-electron chi connectivity index (χ0n) is 12.2. The van der Waals surface area contributed by atoms with Gasteiger partial charge in [-0.05, 0) is 36.6 Å². The van der Waals surface area contributed by atoms with Crippen LogP contribution in [0.5, 0.6) is 5.75 Å². The minimum Gasteiger partial charge on any atom is -0.497 e. The van der Waals surface area contributed by atoms with Gasteiger partial charge in [0.2, 0.25) is 11.6 Å². The molecule has 1 aliphatic rings. The molecule has 0 bridgehead atoms. The fourth-order valence-electron chi connectivity index (χ4n) is 2.94. The molecule has 0 radical (unpaired) electrons. The molecular weight excluding hydrogens is 280 g/mol. The van der Waals surface area contributed by atoms with Crippen molar-refractivity contribution in [3.05, 3.63) is 36.2 Å². The Hall–Kier alpha value is -2.83. The molecule has 0 atom stereocenters. The van der Waals surface area contributed by atoms with Crippen LogP contribution >= 0.6 is 0 Å². The van der Waals surface area contributed by atoms with Crippen molar-refractivity contribution in [2.24, 2.45) is 0 Å². The highest BCUT2D eigenvalue weighted by Crippen LogP contribution is 2.35. The highest BCUT2D eigenvalue weighted by Gasteiger charge is 2.23. The van der Waals surface area contributed by atoms with Crippen LogP contribution in [0, 0.1) is 0 Å². The minimum atomic E-state index is 0.366. The normalized spacial score (nSPS) is 14.1. The SMILES string of the molecule is COc1ccc2c(c1)CCCN2c1nccn2c(N)nnc12. The molecule has 3 aromatic rings. The number of ether oxygens (including phenoxy) is 1. The summed E-state index contributed by atoms with van der Waals surface area (Å²) in [6, 6.07) is 6.12. The fraction of sp³-hybridized carbons (Fsp3) is 0.267. The number of nitrogen functional groups attached to an aromatic ring is 1. The van der Waals surface area contributed by atoms with Gasteiger partial charge in [-0.2, -0.15) is 0 Å². The molecule has 0 unspecified atom stereocenters. The van der Waals surface area contributed by atoms with Crippen LogP contribution in [0.4, 0.5) is 17.5 Å². The van der Waals surface area contributed by atoms with Gasteiger partial charge in [0.15, 0.2) is 5.82 Å². The van der Waals surface area contributed by atoms with E-state index in [1.807, 2.05) is 6.07 Å². The third-order valence-corrected chi connectivity index (χ3v) is 4.00. The number of benzene rings is 1. The van der Waals surface area contributed by atoms with E-state index in [0.717, 1.165) is 36.6 Å². The molecule has 1 aromatic carbocycles. The summed E-state index contributed by atoms with van der Waals surface area (Å²) in [6.45, 7) is 0.888. The zero-order valence-corrected chi connectivity index (χ0v) is 12.2. The molecule has 0 saturated heterocycles. The highest BCUT2D eigenvalue weighted by atomic mass is 16.5. The smallest absolute Gasteiger partial charge is 0.226 e. The first-order valence-electron chi connectivity index (χ1n) is 7.17. The van der Waals surface area contributed by atoms with Crippen LogP contribution in [0.25, 0.3) is 5.65 Å². The number of nitrogens with two attached hydrogens (primary N) is 1. The van der Waals surface area contributed by atoms with Gasteiger partial charge < -0.3 is 15.4 Å². The highest BCUT2D eigenvalue weighted by molar-refractivity contribution is 5.75. The Kier molecular flexibility index (Phi) is 2.85. The number of fused-ring (bicyclic) bond motifs is 2. The average Bonchev–Trinajstić information content (AvgIpc) is 2.95.